The predicted molar refractivity (Wildman–Crippen MR) is 153 cm³/mol. The minimum Gasteiger partial charge on any atom is -0.493 e. The van der Waals surface area contributed by atoms with Crippen molar-refractivity contribution in [2.45, 2.75) is 57.8 Å². The first-order valence-corrected chi connectivity index (χ1v) is 14.5. The summed E-state index contributed by atoms with van der Waals surface area (Å²) in [6.45, 7) is 6.23. The van der Waals surface area contributed by atoms with Gasteiger partial charge < -0.3 is 4.74 Å². The lowest BCUT2D eigenvalue weighted by Crippen LogP contribution is -2.39. The summed E-state index contributed by atoms with van der Waals surface area (Å²) in [4.78, 5) is 13.0. The molecule has 7 nitrogen and oxygen atoms in total. The Labute approximate surface area is 226 Å². The quantitative estimate of drug-likeness (QED) is 0.156. The van der Waals surface area contributed by atoms with Gasteiger partial charge in [-0.1, -0.05) is 69.0 Å². The Morgan fingerprint density at radius 3 is 2.37 bits per heavy atom. The number of hydrazone groups is 1. The Kier molecular flexibility index (Phi) is 10.9. The lowest BCUT2D eigenvalue weighted by Gasteiger charge is -2.24. The number of amides is 1. The highest BCUT2D eigenvalue weighted by atomic mass is 32.2. The van der Waals surface area contributed by atoms with Crippen LogP contribution in [0, 0.1) is 13.8 Å². The number of carbonyl (C=O) groups is 1. The van der Waals surface area contributed by atoms with Crippen molar-refractivity contribution in [3.05, 3.63) is 89.5 Å². The molecule has 8 heteroatoms. The van der Waals surface area contributed by atoms with Gasteiger partial charge in [0.2, 0.25) is 0 Å². The van der Waals surface area contributed by atoms with Gasteiger partial charge >= 0.3 is 0 Å². The number of nitrogens with zero attached hydrogens (tertiary/aromatic N) is 2. The molecule has 0 heterocycles. The van der Waals surface area contributed by atoms with E-state index in [-0.39, 0.29) is 4.90 Å². The van der Waals surface area contributed by atoms with Crippen molar-refractivity contribution in [1.29, 1.82) is 0 Å². The number of benzene rings is 3. The summed E-state index contributed by atoms with van der Waals surface area (Å²) in [6.07, 6.45) is 7.25. The molecule has 0 aliphatic rings. The SMILES string of the molecule is CCCCCCCOc1ccccc1/C=N/NC(=O)CN(c1ccc(C)c(C)c1)S(=O)(=O)c1ccccc1. The number of ether oxygens (including phenoxy) is 1. The normalized spacial score (nSPS) is 11.4. The van der Waals surface area contributed by atoms with Gasteiger partial charge in [0.25, 0.3) is 15.9 Å². The molecule has 0 saturated carbocycles. The third kappa shape index (κ3) is 8.18. The number of para-hydroxylation sites is 1. The van der Waals surface area contributed by atoms with Gasteiger partial charge in [0.1, 0.15) is 12.3 Å². The molecular formula is C30H37N3O4S. The molecule has 3 aromatic rings. The van der Waals surface area contributed by atoms with Crippen LogP contribution in [0.25, 0.3) is 0 Å². The van der Waals surface area contributed by atoms with E-state index < -0.39 is 22.5 Å². The van der Waals surface area contributed by atoms with Gasteiger partial charge in [-0.25, -0.2) is 13.8 Å². The molecule has 3 aromatic carbocycles. The Balaban J connectivity index is 1.70. The van der Waals surface area contributed by atoms with Crippen LogP contribution in [-0.4, -0.2) is 33.7 Å². The zero-order valence-corrected chi connectivity index (χ0v) is 23.2. The summed E-state index contributed by atoms with van der Waals surface area (Å²) < 4.78 is 34.0. The van der Waals surface area contributed by atoms with Gasteiger partial charge in [0.15, 0.2) is 0 Å². The first-order chi connectivity index (χ1) is 18.3. The van der Waals surface area contributed by atoms with Gasteiger partial charge in [0.05, 0.1) is 23.4 Å². The number of sulfonamides is 1. The Hall–Kier alpha value is -3.65. The largest absolute Gasteiger partial charge is 0.493 e. The van der Waals surface area contributed by atoms with Crippen LogP contribution >= 0.6 is 0 Å². The fourth-order valence-corrected chi connectivity index (χ4v) is 5.30. The standard InChI is InChI=1S/C30H37N3O4S/c1-4-5-6-7-13-20-37-29-17-12-11-14-26(29)22-31-32-30(34)23-33(27-19-18-24(2)25(3)21-27)38(35,36)28-15-9-8-10-16-28/h8-12,14-19,21-22H,4-7,13,20,23H2,1-3H3,(H,32,34)/b31-22+. The second kappa shape index (κ2) is 14.3. The molecule has 3 rings (SSSR count). The number of anilines is 1. The van der Waals surface area contributed by atoms with Gasteiger partial charge in [-0.15, -0.1) is 0 Å². The number of carbonyl (C=O) groups excluding carboxylic acids is 1. The third-order valence-electron chi connectivity index (χ3n) is 6.21. The highest BCUT2D eigenvalue weighted by Gasteiger charge is 2.27. The maximum Gasteiger partial charge on any atom is 0.264 e. The molecule has 202 valence electrons. The number of hydrogen-bond acceptors (Lipinski definition) is 5. The molecule has 0 atom stereocenters. The number of nitrogens with one attached hydrogen (secondary N) is 1. The van der Waals surface area contributed by atoms with E-state index in [1.807, 2.05) is 44.2 Å². The Morgan fingerprint density at radius 2 is 1.63 bits per heavy atom. The van der Waals surface area contributed by atoms with E-state index in [1.165, 1.54) is 37.6 Å². The van der Waals surface area contributed by atoms with Crippen molar-refractivity contribution in [1.82, 2.24) is 5.43 Å². The first-order valence-electron chi connectivity index (χ1n) is 13.0. The van der Waals surface area contributed by atoms with E-state index in [2.05, 4.69) is 17.5 Å². The minimum atomic E-state index is -3.98. The Bertz CT molecular complexity index is 1320. The lowest BCUT2D eigenvalue weighted by molar-refractivity contribution is -0.119. The molecule has 0 aliphatic heterocycles. The predicted octanol–water partition coefficient (Wildman–Crippen LogP) is 6.00. The summed E-state index contributed by atoms with van der Waals surface area (Å²) in [5, 5.41) is 4.08. The third-order valence-corrected chi connectivity index (χ3v) is 8.00. The molecular weight excluding hydrogens is 498 g/mol. The summed E-state index contributed by atoms with van der Waals surface area (Å²) >= 11 is 0. The van der Waals surface area contributed by atoms with Gasteiger partial charge in [-0.2, -0.15) is 5.10 Å². The number of rotatable bonds is 14. The van der Waals surface area contributed by atoms with Crippen LogP contribution in [0.4, 0.5) is 5.69 Å². The lowest BCUT2D eigenvalue weighted by atomic mass is 10.1. The second-order valence-electron chi connectivity index (χ2n) is 9.19. The monoisotopic (exact) mass is 535 g/mol. The molecule has 1 N–H and O–H groups in total. The molecule has 0 radical (unpaired) electrons. The Morgan fingerprint density at radius 1 is 0.921 bits per heavy atom. The van der Waals surface area contributed by atoms with E-state index in [0.29, 0.717) is 18.0 Å². The highest BCUT2D eigenvalue weighted by Crippen LogP contribution is 2.25. The van der Waals surface area contributed by atoms with Gasteiger partial charge in [0, 0.05) is 5.56 Å². The summed E-state index contributed by atoms with van der Waals surface area (Å²) in [7, 11) is -3.98. The molecule has 0 fully saturated rings. The van der Waals surface area contributed by atoms with Crippen LogP contribution in [0.2, 0.25) is 0 Å². The van der Waals surface area contributed by atoms with Crippen LogP contribution < -0.4 is 14.5 Å². The van der Waals surface area contributed by atoms with Crippen molar-refractivity contribution in [3.63, 3.8) is 0 Å². The summed E-state index contributed by atoms with van der Waals surface area (Å²) in [5.41, 5.74) is 5.56. The van der Waals surface area contributed by atoms with Gasteiger partial charge in [-0.3, -0.25) is 9.10 Å². The molecule has 0 saturated heterocycles. The van der Waals surface area contributed by atoms with Crippen molar-refractivity contribution >= 4 is 27.8 Å². The van der Waals surface area contributed by atoms with Crippen LogP contribution in [0.15, 0.2) is 82.8 Å². The van der Waals surface area contributed by atoms with Crippen LogP contribution in [-0.2, 0) is 14.8 Å². The molecule has 0 spiro atoms. The topological polar surface area (TPSA) is 88.1 Å². The van der Waals surface area contributed by atoms with Crippen LogP contribution in [0.3, 0.4) is 0 Å². The molecule has 0 bridgehead atoms. The van der Waals surface area contributed by atoms with Crippen LogP contribution in [0.5, 0.6) is 5.75 Å². The average Bonchev–Trinajstić information content (AvgIpc) is 2.92. The second-order valence-corrected chi connectivity index (χ2v) is 11.0. The van der Waals surface area contributed by atoms with Gasteiger partial charge in [-0.05, 0) is 67.8 Å². The maximum atomic E-state index is 13.5. The minimum absolute atomic E-state index is 0.107. The van der Waals surface area contributed by atoms with E-state index >= 15 is 0 Å². The molecule has 0 aliphatic carbocycles. The van der Waals surface area contributed by atoms with E-state index in [9.17, 15) is 13.2 Å². The van der Waals surface area contributed by atoms with Crippen molar-refractivity contribution < 1.29 is 17.9 Å². The van der Waals surface area contributed by atoms with Crippen molar-refractivity contribution in [2.24, 2.45) is 5.10 Å². The van der Waals surface area contributed by atoms with E-state index in [4.69, 9.17) is 4.74 Å². The number of aryl methyl sites for hydroxylation is 2. The number of unbranched alkanes of at least 4 members (excludes halogenated alkanes) is 4. The fraction of sp³-hybridized carbons (Fsp3) is 0.333. The fourth-order valence-electron chi connectivity index (χ4n) is 3.86. The van der Waals surface area contributed by atoms with Crippen LogP contribution in [0.1, 0.15) is 55.7 Å². The zero-order valence-electron chi connectivity index (χ0n) is 22.4. The highest BCUT2D eigenvalue weighted by molar-refractivity contribution is 7.92. The molecule has 38 heavy (non-hydrogen) atoms. The average molecular weight is 536 g/mol. The van der Waals surface area contributed by atoms with E-state index in [1.54, 1.807) is 30.3 Å². The molecule has 1 amide bonds. The smallest absolute Gasteiger partial charge is 0.264 e. The first kappa shape index (κ1) is 28.9. The molecule has 0 aromatic heterocycles. The maximum absolute atomic E-state index is 13.5. The zero-order chi connectivity index (χ0) is 27.4. The van der Waals surface area contributed by atoms with Crippen molar-refractivity contribution in [3.8, 4) is 5.75 Å². The summed E-state index contributed by atoms with van der Waals surface area (Å²) in [6, 6.07) is 20.9. The molecule has 0 unspecified atom stereocenters. The van der Waals surface area contributed by atoms with E-state index in [0.717, 1.165) is 33.8 Å². The number of hydrogen-bond donors (Lipinski definition) is 1. The summed E-state index contributed by atoms with van der Waals surface area (Å²) in [5.74, 6) is 0.123. The van der Waals surface area contributed by atoms with Crippen molar-refractivity contribution in [2.75, 3.05) is 17.5 Å².